The van der Waals surface area contributed by atoms with E-state index < -0.39 is 5.54 Å². The number of hydrogen-bond acceptors (Lipinski definition) is 3. The van der Waals surface area contributed by atoms with Crippen LogP contribution in [0, 0.1) is 5.82 Å². The lowest BCUT2D eigenvalue weighted by molar-refractivity contribution is -0.132. The van der Waals surface area contributed by atoms with E-state index in [4.69, 9.17) is 0 Å². The summed E-state index contributed by atoms with van der Waals surface area (Å²) in [4.78, 5) is 33.2. The lowest BCUT2D eigenvalue weighted by Crippen LogP contribution is -2.51. The van der Waals surface area contributed by atoms with Crippen molar-refractivity contribution in [2.45, 2.75) is 24.9 Å². The number of carbonyl (C=O) groups is 2. The standard InChI is InChI=1S/C21H20FN3O2/c22-18-9-5-4-8-17(18)14-25-15-23-21(20(25)27)10-12-24(13-11-21)19(26)16-6-2-1-3-7-16/h1-9,15H,10-14H2. The minimum Gasteiger partial charge on any atom is -0.338 e. The minimum absolute atomic E-state index is 0.0249. The molecule has 2 aliphatic heterocycles. The lowest BCUT2D eigenvalue weighted by Gasteiger charge is -2.36. The van der Waals surface area contributed by atoms with E-state index in [0.717, 1.165) is 0 Å². The number of carbonyl (C=O) groups excluding carboxylic acids is 2. The Labute approximate surface area is 157 Å². The number of amides is 2. The summed E-state index contributed by atoms with van der Waals surface area (Å²) in [5.74, 6) is -0.469. The number of likely N-dealkylation sites (tertiary alicyclic amines) is 1. The number of benzene rings is 2. The third-order valence-corrected chi connectivity index (χ3v) is 5.30. The van der Waals surface area contributed by atoms with Crippen LogP contribution >= 0.6 is 0 Å². The number of halogens is 1. The van der Waals surface area contributed by atoms with Crippen molar-refractivity contribution in [2.75, 3.05) is 13.1 Å². The summed E-state index contributed by atoms with van der Waals surface area (Å²) in [6, 6.07) is 15.6. The second-order valence-electron chi connectivity index (χ2n) is 6.96. The quantitative estimate of drug-likeness (QED) is 0.840. The smallest absolute Gasteiger partial charge is 0.256 e. The van der Waals surface area contributed by atoms with Crippen LogP contribution in [-0.2, 0) is 11.3 Å². The second-order valence-corrected chi connectivity index (χ2v) is 6.96. The Kier molecular flexibility index (Phi) is 4.48. The van der Waals surface area contributed by atoms with Crippen LogP contribution in [0.1, 0.15) is 28.8 Å². The van der Waals surface area contributed by atoms with Crippen LogP contribution in [0.25, 0.3) is 0 Å². The lowest BCUT2D eigenvalue weighted by atomic mass is 9.87. The highest BCUT2D eigenvalue weighted by atomic mass is 19.1. The SMILES string of the molecule is O=C(c1ccccc1)N1CCC2(CC1)N=CN(Cc1ccccc1F)C2=O. The summed E-state index contributed by atoms with van der Waals surface area (Å²) in [6.45, 7) is 1.12. The Morgan fingerprint density at radius 3 is 2.41 bits per heavy atom. The van der Waals surface area contributed by atoms with E-state index in [-0.39, 0.29) is 24.2 Å². The molecule has 0 aliphatic carbocycles. The highest BCUT2D eigenvalue weighted by Crippen LogP contribution is 2.33. The van der Waals surface area contributed by atoms with Gasteiger partial charge in [0.05, 0.1) is 12.9 Å². The topological polar surface area (TPSA) is 53.0 Å². The zero-order chi connectivity index (χ0) is 18.9. The van der Waals surface area contributed by atoms with E-state index in [2.05, 4.69) is 4.99 Å². The molecule has 5 nitrogen and oxygen atoms in total. The van der Waals surface area contributed by atoms with Gasteiger partial charge >= 0.3 is 0 Å². The molecule has 0 radical (unpaired) electrons. The van der Waals surface area contributed by atoms with Crippen molar-refractivity contribution in [3.05, 3.63) is 71.5 Å². The maximum absolute atomic E-state index is 13.9. The van der Waals surface area contributed by atoms with Crippen molar-refractivity contribution in [1.29, 1.82) is 0 Å². The summed E-state index contributed by atoms with van der Waals surface area (Å²) in [7, 11) is 0. The van der Waals surface area contributed by atoms with Gasteiger partial charge in [-0.2, -0.15) is 0 Å². The summed E-state index contributed by atoms with van der Waals surface area (Å²) in [6.07, 6.45) is 2.48. The van der Waals surface area contributed by atoms with Gasteiger partial charge in [-0.3, -0.25) is 19.5 Å². The number of aliphatic imine (C=N–C) groups is 1. The van der Waals surface area contributed by atoms with Crippen LogP contribution in [0.2, 0.25) is 0 Å². The Bertz CT molecular complexity index is 889. The molecular weight excluding hydrogens is 345 g/mol. The molecular formula is C21H20FN3O2. The number of piperidine rings is 1. The number of rotatable bonds is 3. The monoisotopic (exact) mass is 365 g/mol. The molecule has 0 atom stereocenters. The molecule has 2 aromatic rings. The van der Waals surface area contributed by atoms with Gasteiger partial charge in [-0.1, -0.05) is 36.4 Å². The van der Waals surface area contributed by atoms with E-state index >= 15 is 0 Å². The molecule has 27 heavy (non-hydrogen) atoms. The molecule has 138 valence electrons. The molecule has 1 fully saturated rings. The molecule has 1 spiro atoms. The fourth-order valence-electron chi connectivity index (χ4n) is 3.66. The van der Waals surface area contributed by atoms with Crippen LogP contribution in [0.5, 0.6) is 0 Å². The average molecular weight is 365 g/mol. The summed E-state index contributed by atoms with van der Waals surface area (Å²) in [5, 5.41) is 0. The summed E-state index contributed by atoms with van der Waals surface area (Å²) in [5.41, 5.74) is 0.292. The molecule has 0 unspecified atom stereocenters. The molecule has 2 aliphatic rings. The number of hydrogen-bond donors (Lipinski definition) is 0. The number of nitrogens with zero attached hydrogens (tertiary/aromatic N) is 3. The van der Waals surface area contributed by atoms with Gasteiger partial charge in [0.15, 0.2) is 0 Å². The van der Waals surface area contributed by atoms with E-state index in [1.54, 1.807) is 35.2 Å². The molecule has 6 heteroatoms. The van der Waals surface area contributed by atoms with E-state index in [1.165, 1.54) is 17.3 Å². The first-order valence-corrected chi connectivity index (χ1v) is 9.03. The molecule has 2 aromatic carbocycles. The van der Waals surface area contributed by atoms with Gasteiger partial charge in [0.25, 0.3) is 11.8 Å². The summed E-state index contributed by atoms with van der Waals surface area (Å²) < 4.78 is 13.9. The van der Waals surface area contributed by atoms with Gasteiger partial charge in [0.1, 0.15) is 11.4 Å². The third-order valence-electron chi connectivity index (χ3n) is 5.30. The molecule has 2 amide bonds. The molecule has 0 N–H and O–H groups in total. The van der Waals surface area contributed by atoms with Gasteiger partial charge in [-0.25, -0.2) is 4.39 Å². The largest absolute Gasteiger partial charge is 0.338 e. The Morgan fingerprint density at radius 2 is 1.70 bits per heavy atom. The highest BCUT2D eigenvalue weighted by Gasteiger charge is 2.47. The van der Waals surface area contributed by atoms with Gasteiger partial charge in [-0.15, -0.1) is 0 Å². The van der Waals surface area contributed by atoms with Crippen LogP contribution < -0.4 is 0 Å². The zero-order valence-corrected chi connectivity index (χ0v) is 14.8. The average Bonchev–Trinajstić information content (AvgIpc) is 3.00. The van der Waals surface area contributed by atoms with Crippen molar-refractivity contribution in [1.82, 2.24) is 9.80 Å². The van der Waals surface area contributed by atoms with Gasteiger partial charge in [0, 0.05) is 24.2 Å². The van der Waals surface area contributed by atoms with Crippen LogP contribution in [-0.4, -0.2) is 46.6 Å². The predicted molar refractivity (Wildman–Crippen MR) is 99.8 cm³/mol. The minimum atomic E-state index is -0.821. The fraction of sp³-hybridized carbons (Fsp3) is 0.286. The molecule has 4 rings (SSSR count). The van der Waals surface area contributed by atoms with Crippen molar-refractivity contribution in [3.8, 4) is 0 Å². The molecule has 0 aromatic heterocycles. The molecule has 0 bridgehead atoms. The van der Waals surface area contributed by atoms with Gasteiger partial charge in [-0.05, 0) is 31.0 Å². The normalized spacial score (nSPS) is 18.3. The molecule has 0 saturated carbocycles. The van der Waals surface area contributed by atoms with Crippen LogP contribution in [0.15, 0.2) is 59.6 Å². The van der Waals surface area contributed by atoms with E-state index in [0.29, 0.717) is 37.1 Å². The van der Waals surface area contributed by atoms with E-state index in [9.17, 15) is 14.0 Å². The fourth-order valence-corrected chi connectivity index (χ4v) is 3.66. The predicted octanol–water partition coefficient (Wildman–Crippen LogP) is 2.87. The van der Waals surface area contributed by atoms with Gasteiger partial charge in [0.2, 0.25) is 0 Å². The van der Waals surface area contributed by atoms with Crippen molar-refractivity contribution >= 4 is 18.2 Å². The molecule has 2 heterocycles. The highest BCUT2D eigenvalue weighted by molar-refractivity contribution is 6.00. The van der Waals surface area contributed by atoms with Crippen LogP contribution in [0.3, 0.4) is 0 Å². The first kappa shape index (κ1) is 17.4. The maximum atomic E-state index is 13.9. The zero-order valence-electron chi connectivity index (χ0n) is 14.8. The van der Waals surface area contributed by atoms with Crippen molar-refractivity contribution in [3.63, 3.8) is 0 Å². The summed E-state index contributed by atoms with van der Waals surface area (Å²) >= 11 is 0. The van der Waals surface area contributed by atoms with Gasteiger partial charge < -0.3 is 4.90 Å². The second kappa shape index (κ2) is 6.95. The Hall–Kier alpha value is -3.02. The van der Waals surface area contributed by atoms with Crippen molar-refractivity contribution < 1.29 is 14.0 Å². The molecule has 1 saturated heterocycles. The van der Waals surface area contributed by atoms with E-state index in [1.807, 2.05) is 18.2 Å². The Balaban J connectivity index is 1.41. The van der Waals surface area contributed by atoms with Crippen LogP contribution in [0.4, 0.5) is 4.39 Å². The third kappa shape index (κ3) is 3.23. The Morgan fingerprint density at radius 1 is 1.04 bits per heavy atom. The first-order chi connectivity index (χ1) is 13.1. The maximum Gasteiger partial charge on any atom is 0.256 e. The van der Waals surface area contributed by atoms with Crippen molar-refractivity contribution in [2.24, 2.45) is 4.99 Å². The first-order valence-electron chi connectivity index (χ1n) is 9.03.